The van der Waals surface area contributed by atoms with Crippen LogP contribution in [0.4, 0.5) is 0 Å². The van der Waals surface area contributed by atoms with Crippen LogP contribution in [0.15, 0.2) is 10.6 Å². The van der Waals surface area contributed by atoms with Crippen molar-refractivity contribution in [3.05, 3.63) is 17.5 Å². The van der Waals surface area contributed by atoms with Crippen molar-refractivity contribution in [1.29, 1.82) is 0 Å². The first-order chi connectivity index (χ1) is 10.6. The van der Waals surface area contributed by atoms with Crippen molar-refractivity contribution in [2.75, 3.05) is 26.3 Å². The summed E-state index contributed by atoms with van der Waals surface area (Å²) in [6.45, 7) is 7.23. The van der Waals surface area contributed by atoms with Gasteiger partial charge in [0.25, 0.3) is 5.91 Å². The number of ether oxygens (including phenoxy) is 1. The van der Waals surface area contributed by atoms with Crippen molar-refractivity contribution in [3.8, 4) is 0 Å². The molecule has 6 heteroatoms. The molecule has 2 aliphatic rings. The van der Waals surface area contributed by atoms with Crippen molar-refractivity contribution in [1.82, 2.24) is 15.4 Å². The molecule has 6 nitrogen and oxygen atoms in total. The van der Waals surface area contributed by atoms with Crippen LogP contribution in [-0.4, -0.2) is 53.8 Å². The van der Waals surface area contributed by atoms with Crippen molar-refractivity contribution in [2.45, 2.75) is 51.1 Å². The minimum Gasteiger partial charge on any atom is -0.377 e. The minimum atomic E-state index is -0.0729. The fraction of sp³-hybridized carbons (Fsp3) is 0.750. The molecule has 3 rings (SSSR count). The minimum absolute atomic E-state index is 0.0332. The van der Waals surface area contributed by atoms with E-state index in [1.807, 2.05) is 4.90 Å². The number of nitrogens with zero attached hydrogens (tertiary/aromatic N) is 2. The Labute approximate surface area is 131 Å². The highest BCUT2D eigenvalue weighted by atomic mass is 16.5. The van der Waals surface area contributed by atoms with E-state index in [0.717, 1.165) is 38.0 Å². The summed E-state index contributed by atoms with van der Waals surface area (Å²) in [7, 11) is 0. The van der Waals surface area contributed by atoms with E-state index in [1.165, 1.54) is 6.42 Å². The maximum Gasteiger partial charge on any atom is 0.292 e. The average Bonchev–Trinajstić information content (AvgIpc) is 2.93. The topological polar surface area (TPSA) is 67.6 Å². The summed E-state index contributed by atoms with van der Waals surface area (Å²) >= 11 is 0. The lowest BCUT2D eigenvalue weighted by atomic mass is 9.90. The molecule has 122 valence electrons. The highest BCUT2D eigenvalue weighted by Gasteiger charge is 2.40. The van der Waals surface area contributed by atoms with Crippen LogP contribution >= 0.6 is 0 Å². The van der Waals surface area contributed by atoms with E-state index in [9.17, 15) is 4.79 Å². The predicted octanol–water partition coefficient (Wildman–Crippen LogP) is 1.61. The summed E-state index contributed by atoms with van der Waals surface area (Å²) in [5, 5.41) is 7.63. The molecular weight excluding hydrogens is 282 g/mol. The van der Waals surface area contributed by atoms with Gasteiger partial charge < -0.3 is 19.5 Å². The Balaban J connectivity index is 1.64. The molecule has 2 aliphatic heterocycles. The van der Waals surface area contributed by atoms with E-state index in [-0.39, 0.29) is 11.4 Å². The average molecular weight is 307 g/mol. The van der Waals surface area contributed by atoms with Crippen LogP contribution in [0.1, 0.15) is 49.4 Å². The summed E-state index contributed by atoms with van der Waals surface area (Å²) < 4.78 is 10.7. The molecule has 1 amide bonds. The number of hydrogen-bond donors (Lipinski definition) is 1. The molecule has 0 spiro atoms. The fourth-order valence-corrected chi connectivity index (χ4v) is 3.29. The number of carbonyl (C=O) groups is 1. The van der Waals surface area contributed by atoms with Gasteiger partial charge in [-0.3, -0.25) is 4.79 Å². The Morgan fingerprint density at radius 3 is 2.68 bits per heavy atom. The number of likely N-dealkylation sites (tertiary alicyclic amines) is 1. The second kappa shape index (κ2) is 6.38. The van der Waals surface area contributed by atoms with Crippen LogP contribution in [0.2, 0.25) is 0 Å². The van der Waals surface area contributed by atoms with Crippen molar-refractivity contribution < 1.29 is 14.1 Å². The first kappa shape index (κ1) is 15.5. The number of amides is 1. The van der Waals surface area contributed by atoms with Gasteiger partial charge in [0.05, 0.1) is 24.4 Å². The van der Waals surface area contributed by atoms with E-state index in [4.69, 9.17) is 9.26 Å². The Hall–Kier alpha value is -1.40. The van der Waals surface area contributed by atoms with Gasteiger partial charge in [-0.1, -0.05) is 19.0 Å². The van der Waals surface area contributed by atoms with E-state index < -0.39 is 0 Å². The zero-order valence-corrected chi connectivity index (χ0v) is 13.4. The number of piperidine rings is 1. The van der Waals surface area contributed by atoms with Gasteiger partial charge in [0, 0.05) is 31.6 Å². The number of aromatic nitrogens is 1. The lowest BCUT2D eigenvalue weighted by Gasteiger charge is -2.43. The van der Waals surface area contributed by atoms with Crippen LogP contribution in [0.3, 0.4) is 0 Å². The lowest BCUT2D eigenvalue weighted by molar-refractivity contribution is -0.0781. The SMILES string of the molecule is CC(C)NC1(Cc2cc(C(=O)N3CCCCC3)on2)COC1. The van der Waals surface area contributed by atoms with Crippen LogP contribution in [0, 0.1) is 0 Å². The number of carbonyl (C=O) groups excluding carboxylic acids is 1. The standard InChI is InChI=1S/C16H25N3O3/c1-12(2)17-16(10-21-11-16)9-13-8-14(22-18-13)15(20)19-6-4-3-5-7-19/h8,12,17H,3-7,9-11H2,1-2H3. The van der Waals surface area contributed by atoms with Crippen LogP contribution in [-0.2, 0) is 11.2 Å². The normalized spacial score (nSPS) is 21.0. The van der Waals surface area contributed by atoms with Gasteiger partial charge in [-0.2, -0.15) is 0 Å². The quantitative estimate of drug-likeness (QED) is 0.895. The smallest absolute Gasteiger partial charge is 0.292 e. The molecule has 0 bridgehead atoms. The van der Waals surface area contributed by atoms with Gasteiger partial charge in [-0.15, -0.1) is 0 Å². The first-order valence-electron chi connectivity index (χ1n) is 8.18. The van der Waals surface area contributed by atoms with Gasteiger partial charge in [0.15, 0.2) is 0 Å². The predicted molar refractivity (Wildman–Crippen MR) is 81.8 cm³/mol. The third kappa shape index (κ3) is 3.33. The van der Waals surface area contributed by atoms with Crippen LogP contribution < -0.4 is 5.32 Å². The molecule has 2 saturated heterocycles. The number of rotatable bonds is 5. The summed E-state index contributed by atoms with van der Waals surface area (Å²) in [6, 6.07) is 2.17. The molecule has 0 atom stereocenters. The van der Waals surface area contributed by atoms with Gasteiger partial charge in [-0.05, 0) is 19.3 Å². The molecule has 1 aromatic rings. The highest BCUT2D eigenvalue weighted by molar-refractivity contribution is 5.91. The Bertz CT molecular complexity index is 516. The molecule has 0 saturated carbocycles. The molecule has 0 radical (unpaired) electrons. The lowest BCUT2D eigenvalue weighted by Crippen LogP contribution is -2.63. The van der Waals surface area contributed by atoms with Gasteiger partial charge in [0.2, 0.25) is 5.76 Å². The molecule has 0 aliphatic carbocycles. The Kier molecular flexibility index (Phi) is 4.49. The Morgan fingerprint density at radius 2 is 2.09 bits per heavy atom. The summed E-state index contributed by atoms with van der Waals surface area (Å²) in [4.78, 5) is 14.3. The third-order valence-corrected chi connectivity index (χ3v) is 4.28. The molecule has 3 heterocycles. The second-order valence-electron chi connectivity index (χ2n) is 6.78. The largest absolute Gasteiger partial charge is 0.377 e. The summed E-state index contributed by atoms with van der Waals surface area (Å²) in [6.07, 6.45) is 4.08. The van der Waals surface area contributed by atoms with E-state index >= 15 is 0 Å². The molecule has 1 N–H and O–H groups in total. The van der Waals surface area contributed by atoms with E-state index in [0.29, 0.717) is 25.0 Å². The van der Waals surface area contributed by atoms with Gasteiger partial charge in [0.1, 0.15) is 0 Å². The summed E-state index contributed by atoms with van der Waals surface area (Å²) in [5.41, 5.74) is 0.744. The molecule has 1 aromatic heterocycles. The second-order valence-corrected chi connectivity index (χ2v) is 6.78. The zero-order valence-electron chi connectivity index (χ0n) is 13.4. The van der Waals surface area contributed by atoms with Crippen molar-refractivity contribution >= 4 is 5.91 Å². The highest BCUT2D eigenvalue weighted by Crippen LogP contribution is 2.24. The fourth-order valence-electron chi connectivity index (χ4n) is 3.29. The van der Waals surface area contributed by atoms with Gasteiger partial charge >= 0.3 is 0 Å². The number of hydrogen-bond acceptors (Lipinski definition) is 5. The van der Waals surface area contributed by atoms with Gasteiger partial charge in [-0.25, -0.2) is 0 Å². The molecule has 22 heavy (non-hydrogen) atoms. The Morgan fingerprint density at radius 1 is 1.36 bits per heavy atom. The molecule has 2 fully saturated rings. The van der Waals surface area contributed by atoms with E-state index in [2.05, 4.69) is 24.3 Å². The number of nitrogens with one attached hydrogen (secondary N) is 1. The molecule has 0 unspecified atom stereocenters. The van der Waals surface area contributed by atoms with E-state index in [1.54, 1.807) is 6.07 Å². The first-order valence-corrected chi connectivity index (χ1v) is 8.18. The summed E-state index contributed by atoms with van der Waals surface area (Å²) in [5.74, 6) is 0.325. The van der Waals surface area contributed by atoms with Crippen LogP contribution in [0.5, 0.6) is 0 Å². The third-order valence-electron chi connectivity index (χ3n) is 4.28. The maximum absolute atomic E-state index is 12.4. The van der Waals surface area contributed by atoms with Crippen molar-refractivity contribution in [2.24, 2.45) is 0 Å². The molecule has 0 aromatic carbocycles. The maximum atomic E-state index is 12.4. The van der Waals surface area contributed by atoms with Crippen molar-refractivity contribution in [3.63, 3.8) is 0 Å². The van der Waals surface area contributed by atoms with Crippen LogP contribution in [0.25, 0.3) is 0 Å². The molecular formula is C16H25N3O3. The zero-order chi connectivity index (χ0) is 15.6. The monoisotopic (exact) mass is 307 g/mol.